The van der Waals surface area contributed by atoms with Gasteiger partial charge in [-0.2, -0.15) is 0 Å². The molecule has 0 bridgehead atoms. The lowest BCUT2D eigenvalue weighted by atomic mass is 10.0. The minimum absolute atomic E-state index is 1.08. The van der Waals surface area contributed by atoms with Gasteiger partial charge < -0.3 is 0 Å². The van der Waals surface area contributed by atoms with Crippen molar-refractivity contribution < 1.29 is 0 Å². The Morgan fingerprint density at radius 1 is 0.500 bits per heavy atom. The van der Waals surface area contributed by atoms with E-state index >= 15 is 0 Å². The van der Waals surface area contributed by atoms with E-state index in [1.165, 1.54) is 51.5 Å². The molecule has 4 aromatic carbocycles. The second-order valence-corrected chi connectivity index (χ2v) is 9.46. The summed E-state index contributed by atoms with van der Waals surface area (Å²) in [6.07, 6.45) is 2.16. The molecule has 0 atom stereocenters. The topological polar surface area (TPSA) is 0 Å². The molecule has 0 spiro atoms. The molecule has 0 radical (unpaired) electrons. The Morgan fingerprint density at radius 2 is 1.18 bits per heavy atom. The zero-order valence-electron chi connectivity index (χ0n) is 15.3. The third kappa shape index (κ3) is 2.56. The Balaban J connectivity index is 1.38. The van der Waals surface area contributed by atoms with Crippen LogP contribution in [0.2, 0.25) is 0 Å². The predicted octanol–water partition coefficient (Wildman–Crippen LogP) is 8.21. The lowest BCUT2D eigenvalue weighted by molar-refractivity contribution is 0.973. The van der Waals surface area contributed by atoms with Crippen LogP contribution in [0.3, 0.4) is 0 Å². The maximum Gasteiger partial charge on any atom is 0.0387 e. The smallest absolute Gasteiger partial charge is 0.0387 e. The van der Waals surface area contributed by atoms with E-state index in [4.69, 9.17) is 0 Å². The van der Waals surface area contributed by atoms with Gasteiger partial charge in [0.05, 0.1) is 0 Å². The molecule has 0 amide bonds. The molecular formula is C26H18S2. The molecule has 0 saturated heterocycles. The Morgan fingerprint density at radius 3 is 2.04 bits per heavy atom. The average Bonchev–Trinajstić information content (AvgIpc) is 3.30. The number of fused-ring (bicyclic) bond motifs is 6. The Bertz CT molecular complexity index is 1470. The zero-order chi connectivity index (χ0) is 18.5. The highest BCUT2D eigenvalue weighted by molar-refractivity contribution is 7.26. The molecular weight excluding hydrogens is 376 g/mol. The molecule has 6 rings (SSSR count). The molecule has 2 aromatic heterocycles. The van der Waals surface area contributed by atoms with Crippen LogP contribution in [0.5, 0.6) is 0 Å². The minimum Gasteiger partial charge on any atom is -0.135 e. The van der Waals surface area contributed by atoms with Gasteiger partial charge in [0, 0.05) is 40.3 Å². The SMILES string of the molecule is c1ccc2c(c1)sc1ccc(CCc3cccc4c3sc3ccccc34)cc12. The van der Waals surface area contributed by atoms with Gasteiger partial charge in [0.1, 0.15) is 0 Å². The number of aryl methyl sites for hydroxylation is 2. The van der Waals surface area contributed by atoms with Gasteiger partial charge in [-0.15, -0.1) is 22.7 Å². The van der Waals surface area contributed by atoms with Crippen LogP contribution in [-0.2, 0) is 12.8 Å². The van der Waals surface area contributed by atoms with Gasteiger partial charge in [0.15, 0.2) is 0 Å². The largest absolute Gasteiger partial charge is 0.135 e. The fourth-order valence-corrected chi connectivity index (χ4v) is 6.54. The molecule has 0 saturated carbocycles. The maximum absolute atomic E-state index is 2.40. The van der Waals surface area contributed by atoms with Crippen LogP contribution < -0.4 is 0 Å². The summed E-state index contributed by atoms with van der Waals surface area (Å²) in [6.45, 7) is 0. The molecule has 6 aromatic rings. The van der Waals surface area contributed by atoms with Crippen LogP contribution in [0.4, 0.5) is 0 Å². The van der Waals surface area contributed by atoms with Crippen LogP contribution in [0.15, 0.2) is 84.9 Å². The molecule has 0 aliphatic carbocycles. The highest BCUT2D eigenvalue weighted by atomic mass is 32.1. The summed E-state index contributed by atoms with van der Waals surface area (Å²) in [4.78, 5) is 0. The first-order valence-electron chi connectivity index (χ1n) is 9.66. The average molecular weight is 395 g/mol. The summed E-state index contributed by atoms with van der Waals surface area (Å²) in [5.74, 6) is 0. The quantitative estimate of drug-likeness (QED) is 0.284. The van der Waals surface area contributed by atoms with Gasteiger partial charge in [0.2, 0.25) is 0 Å². The van der Waals surface area contributed by atoms with Crippen molar-refractivity contribution in [3.63, 3.8) is 0 Å². The first kappa shape index (κ1) is 16.3. The number of hydrogen-bond donors (Lipinski definition) is 0. The van der Waals surface area contributed by atoms with Crippen molar-refractivity contribution in [3.05, 3.63) is 96.1 Å². The summed E-state index contributed by atoms with van der Waals surface area (Å²) in [5.41, 5.74) is 2.89. The van der Waals surface area contributed by atoms with E-state index in [1.807, 2.05) is 22.7 Å². The van der Waals surface area contributed by atoms with Crippen molar-refractivity contribution in [3.8, 4) is 0 Å². The number of hydrogen-bond acceptors (Lipinski definition) is 2. The van der Waals surface area contributed by atoms with E-state index in [9.17, 15) is 0 Å². The summed E-state index contributed by atoms with van der Waals surface area (Å²) in [6, 6.07) is 31.3. The van der Waals surface area contributed by atoms with Crippen molar-refractivity contribution in [2.24, 2.45) is 0 Å². The Kier molecular flexibility index (Phi) is 3.75. The molecule has 0 aliphatic heterocycles. The van der Waals surface area contributed by atoms with E-state index < -0.39 is 0 Å². The highest BCUT2D eigenvalue weighted by Crippen LogP contribution is 2.37. The molecule has 2 heteroatoms. The third-order valence-electron chi connectivity index (χ3n) is 5.61. The molecule has 0 unspecified atom stereocenters. The number of benzene rings is 4. The molecule has 0 fully saturated rings. The highest BCUT2D eigenvalue weighted by Gasteiger charge is 2.09. The van der Waals surface area contributed by atoms with Crippen LogP contribution in [0, 0.1) is 0 Å². The first-order valence-corrected chi connectivity index (χ1v) is 11.3. The van der Waals surface area contributed by atoms with E-state index in [-0.39, 0.29) is 0 Å². The van der Waals surface area contributed by atoms with E-state index in [0.717, 1.165) is 12.8 Å². The van der Waals surface area contributed by atoms with Crippen molar-refractivity contribution in [2.75, 3.05) is 0 Å². The first-order chi connectivity index (χ1) is 13.9. The van der Waals surface area contributed by atoms with Gasteiger partial charge in [-0.25, -0.2) is 0 Å². The fourth-order valence-electron chi connectivity index (χ4n) is 4.21. The second-order valence-electron chi connectivity index (χ2n) is 7.32. The number of thiophene rings is 2. The van der Waals surface area contributed by atoms with Crippen molar-refractivity contribution in [1.82, 2.24) is 0 Å². The zero-order valence-corrected chi connectivity index (χ0v) is 16.9. The standard InChI is InChI=1S/C26H18S2/c1-4-11-24-19(7-1)21-9-5-6-18(26(21)28-24)14-12-17-13-15-25-22(16-17)20-8-2-3-10-23(20)27-25/h1-11,13,15-16H,12,14H2. The summed E-state index contributed by atoms with van der Waals surface area (Å²) >= 11 is 3.82. The van der Waals surface area contributed by atoms with Gasteiger partial charge in [-0.05, 0) is 48.2 Å². The lowest BCUT2D eigenvalue weighted by Crippen LogP contribution is -1.91. The summed E-state index contributed by atoms with van der Waals surface area (Å²) < 4.78 is 5.60. The van der Waals surface area contributed by atoms with Gasteiger partial charge in [-0.3, -0.25) is 0 Å². The molecule has 28 heavy (non-hydrogen) atoms. The van der Waals surface area contributed by atoms with Crippen molar-refractivity contribution in [2.45, 2.75) is 12.8 Å². The maximum atomic E-state index is 2.40. The summed E-state index contributed by atoms with van der Waals surface area (Å²) in [7, 11) is 0. The van der Waals surface area contributed by atoms with Gasteiger partial charge >= 0.3 is 0 Å². The Labute approximate surface area is 171 Å². The van der Waals surface area contributed by atoms with Gasteiger partial charge in [0.25, 0.3) is 0 Å². The predicted molar refractivity (Wildman–Crippen MR) is 126 cm³/mol. The normalized spacial score (nSPS) is 11.9. The van der Waals surface area contributed by atoms with Crippen LogP contribution in [0.25, 0.3) is 40.3 Å². The van der Waals surface area contributed by atoms with E-state index in [2.05, 4.69) is 84.9 Å². The van der Waals surface area contributed by atoms with E-state index in [0.29, 0.717) is 0 Å². The molecule has 0 N–H and O–H groups in total. The number of rotatable bonds is 3. The Hall–Kier alpha value is -2.68. The van der Waals surface area contributed by atoms with E-state index in [1.54, 1.807) is 0 Å². The fraction of sp³-hybridized carbons (Fsp3) is 0.0769. The van der Waals surface area contributed by atoms with Crippen LogP contribution in [0.1, 0.15) is 11.1 Å². The van der Waals surface area contributed by atoms with Crippen molar-refractivity contribution in [1.29, 1.82) is 0 Å². The third-order valence-corrected chi connectivity index (χ3v) is 8.02. The lowest BCUT2D eigenvalue weighted by Gasteiger charge is -2.05. The van der Waals surface area contributed by atoms with Crippen LogP contribution in [-0.4, -0.2) is 0 Å². The molecule has 0 aliphatic rings. The minimum atomic E-state index is 1.08. The molecule has 134 valence electrons. The van der Waals surface area contributed by atoms with Crippen LogP contribution >= 0.6 is 22.7 Å². The molecule has 0 nitrogen and oxygen atoms in total. The second kappa shape index (κ2) is 6.44. The molecule has 2 heterocycles. The van der Waals surface area contributed by atoms with Gasteiger partial charge in [-0.1, -0.05) is 60.7 Å². The van der Waals surface area contributed by atoms with Crippen molar-refractivity contribution >= 4 is 63.0 Å². The summed E-state index contributed by atoms with van der Waals surface area (Å²) in [5, 5.41) is 5.57. The monoisotopic (exact) mass is 394 g/mol.